The van der Waals surface area contributed by atoms with Crippen LogP contribution in [-0.2, 0) is 0 Å². The summed E-state index contributed by atoms with van der Waals surface area (Å²) in [5, 5.41) is 19.8. The van der Waals surface area contributed by atoms with Gasteiger partial charge in [0, 0.05) is 12.6 Å². The lowest BCUT2D eigenvalue weighted by molar-refractivity contribution is -0.0683. The van der Waals surface area contributed by atoms with Crippen molar-refractivity contribution in [2.45, 2.75) is 22.1 Å². The standard InChI is InChI=1S/C12H10Cl4F3N7O/c13-7-2-1-3-20-8(7)26-10(27,12(14,15)16)4-6(22-26)5-25-9(11(17,18)19)21-23-24-25/h1-3,23-24,27H,4-5H2. The molecular formula is C12H10Cl4F3N7O. The first-order valence-electron chi connectivity index (χ1n) is 7.13. The maximum Gasteiger partial charge on any atom is 0.452 e. The first-order chi connectivity index (χ1) is 12.4. The monoisotopic (exact) mass is 465 g/mol. The maximum atomic E-state index is 13.0. The minimum atomic E-state index is -4.72. The van der Waals surface area contributed by atoms with Gasteiger partial charge in [-0.25, -0.2) is 15.5 Å². The third kappa shape index (κ3) is 3.84. The van der Waals surface area contributed by atoms with E-state index in [0.717, 1.165) is 5.01 Å². The first kappa shape index (κ1) is 20.5. The van der Waals surface area contributed by atoms with Gasteiger partial charge >= 0.3 is 6.18 Å². The van der Waals surface area contributed by atoms with Crippen molar-refractivity contribution in [1.29, 1.82) is 0 Å². The van der Waals surface area contributed by atoms with Crippen molar-refractivity contribution >= 4 is 63.8 Å². The number of hydrogen-bond acceptors (Lipinski definition) is 8. The molecule has 1 aromatic rings. The van der Waals surface area contributed by atoms with Gasteiger partial charge in [0.1, 0.15) is 0 Å². The van der Waals surface area contributed by atoms with Crippen molar-refractivity contribution in [3.05, 3.63) is 23.4 Å². The Labute approximate surface area is 170 Å². The number of nitrogens with zero attached hydrogens (tertiary/aromatic N) is 5. The van der Waals surface area contributed by atoms with E-state index in [1.165, 1.54) is 18.3 Å². The molecule has 0 amide bonds. The average molecular weight is 467 g/mol. The van der Waals surface area contributed by atoms with E-state index in [4.69, 9.17) is 46.4 Å². The average Bonchev–Trinajstić information content (AvgIpc) is 3.12. The fourth-order valence-corrected chi connectivity index (χ4v) is 3.09. The predicted octanol–water partition coefficient (Wildman–Crippen LogP) is 2.56. The summed E-state index contributed by atoms with van der Waals surface area (Å²) < 4.78 is 36.7. The quantitative estimate of drug-likeness (QED) is 0.593. The van der Waals surface area contributed by atoms with Gasteiger partial charge in [-0.3, -0.25) is 5.01 Å². The Kier molecular flexibility index (Phi) is 5.30. The van der Waals surface area contributed by atoms with Crippen LogP contribution in [-0.4, -0.2) is 48.9 Å². The number of hydrazone groups is 2. The Balaban J connectivity index is 1.93. The summed E-state index contributed by atoms with van der Waals surface area (Å²) in [7, 11) is 0. The van der Waals surface area contributed by atoms with Crippen molar-refractivity contribution in [3.8, 4) is 0 Å². The maximum absolute atomic E-state index is 13.0. The molecule has 3 rings (SSSR count). The van der Waals surface area contributed by atoms with E-state index in [9.17, 15) is 18.3 Å². The molecule has 0 saturated heterocycles. The smallest absolute Gasteiger partial charge is 0.365 e. The van der Waals surface area contributed by atoms with Gasteiger partial charge in [0.05, 0.1) is 17.3 Å². The zero-order valence-electron chi connectivity index (χ0n) is 13.0. The van der Waals surface area contributed by atoms with Gasteiger partial charge in [-0.05, 0) is 12.1 Å². The third-order valence-electron chi connectivity index (χ3n) is 3.63. The topological polar surface area (TPSA) is 88.4 Å². The van der Waals surface area contributed by atoms with Crippen LogP contribution in [0.4, 0.5) is 19.0 Å². The Morgan fingerprint density at radius 1 is 1.30 bits per heavy atom. The highest BCUT2D eigenvalue weighted by atomic mass is 35.6. The van der Waals surface area contributed by atoms with E-state index in [1.54, 1.807) is 0 Å². The Bertz CT molecular complexity index is 800. The molecule has 1 aromatic heterocycles. The number of aliphatic hydroxyl groups is 1. The van der Waals surface area contributed by atoms with E-state index in [1.807, 2.05) is 5.53 Å². The summed E-state index contributed by atoms with van der Waals surface area (Å²) in [6.45, 7) is -0.421. The molecule has 27 heavy (non-hydrogen) atoms. The van der Waals surface area contributed by atoms with Crippen molar-refractivity contribution < 1.29 is 18.3 Å². The second kappa shape index (κ2) is 6.98. The van der Waals surface area contributed by atoms with E-state index in [0.29, 0.717) is 5.01 Å². The second-order valence-electron chi connectivity index (χ2n) is 5.52. The fraction of sp³-hybridized carbons (Fsp3) is 0.417. The number of hydrazine groups is 2. The molecule has 0 saturated carbocycles. The van der Waals surface area contributed by atoms with Crippen LogP contribution in [0.5, 0.6) is 0 Å². The zero-order valence-corrected chi connectivity index (χ0v) is 16.0. The third-order valence-corrected chi connectivity index (χ3v) is 4.84. The minimum Gasteiger partial charge on any atom is -0.365 e. The Hall–Kier alpha value is -1.24. The van der Waals surface area contributed by atoms with Gasteiger partial charge < -0.3 is 5.11 Å². The SMILES string of the molecule is OC1(C(Cl)(Cl)Cl)CC(CN2NNN=C2C(F)(F)F)=NN1c1ncccc1Cl. The van der Waals surface area contributed by atoms with Crippen molar-refractivity contribution in [2.24, 2.45) is 10.2 Å². The molecular weight excluding hydrogens is 457 g/mol. The second-order valence-corrected chi connectivity index (χ2v) is 8.21. The largest absolute Gasteiger partial charge is 0.452 e. The molecule has 2 aliphatic rings. The summed E-state index contributed by atoms with van der Waals surface area (Å²) in [6.07, 6.45) is -3.74. The van der Waals surface area contributed by atoms with Crippen LogP contribution in [0.3, 0.4) is 0 Å². The molecule has 0 aromatic carbocycles. The van der Waals surface area contributed by atoms with Gasteiger partial charge in [0.15, 0.2) is 5.82 Å². The molecule has 148 valence electrons. The fourth-order valence-electron chi connectivity index (χ4n) is 2.45. The predicted molar refractivity (Wildman–Crippen MR) is 95.5 cm³/mol. The molecule has 3 N–H and O–H groups in total. The molecule has 1 unspecified atom stereocenters. The summed E-state index contributed by atoms with van der Waals surface area (Å²) in [5.74, 6) is -1.25. The van der Waals surface area contributed by atoms with Crippen LogP contribution in [0.2, 0.25) is 5.02 Å². The number of aromatic nitrogens is 1. The van der Waals surface area contributed by atoms with Gasteiger partial charge in [-0.1, -0.05) is 46.4 Å². The van der Waals surface area contributed by atoms with Crippen molar-refractivity contribution in [1.82, 2.24) is 21.1 Å². The molecule has 0 aliphatic carbocycles. The van der Waals surface area contributed by atoms with Crippen LogP contribution in [0.1, 0.15) is 6.42 Å². The Morgan fingerprint density at radius 2 is 2.00 bits per heavy atom. The summed E-state index contributed by atoms with van der Waals surface area (Å²) in [5.41, 5.74) is 2.04. The molecule has 0 spiro atoms. The lowest BCUT2D eigenvalue weighted by atomic mass is 10.1. The van der Waals surface area contributed by atoms with E-state index < -0.39 is 28.1 Å². The number of nitrogens with one attached hydrogen (secondary N) is 2. The van der Waals surface area contributed by atoms with E-state index >= 15 is 0 Å². The lowest BCUT2D eigenvalue weighted by Gasteiger charge is -2.37. The van der Waals surface area contributed by atoms with E-state index in [2.05, 4.69) is 20.7 Å². The zero-order chi connectivity index (χ0) is 20.0. The molecule has 3 heterocycles. The van der Waals surface area contributed by atoms with Crippen LogP contribution in [0.25, 0.3) is 0 Å². The van der Waals surface area contributed by atoms with Gasteiger partial charge in [0.25, 0.3) is 0 Å². The number of hydrogen-bond donors (Lipinski definition) is 3. The van der Waals surface area contributed by atoms with Gasteiger partial charge in [0.2, 0.25) is 15.4 Å². The molecule has 2 aliphatic heterocycles. The van der Waals surface area contributed by atoms with E-state index in [-0.39, 0.29) is 23.0 Å². The highest BCUT2D eigenvalue weighted by molar-refractivity contribution is 6.68. The van der Waals surface area contributed by atoms with Crippen LogP contribution in [0, 0.1) is 0 Å². The van der Waals surface area contributed by atoms with Crippen LogP contribution < -0.4 is 16.1 Å². The number of pyridine rings is 1. The molecule has 0 fully saturated rings. The lowest BCUT2D eigenvalue weighted by Crippen LogP contribution is -2.54. The minimum absolute atomic E-state index is 0.0276. The van der Waals surface area contributed by atoms with Gasteiger partial charge in [-0.15, -0.1) is 10.6 Å². The summed E-state index contributed by atoms with van der Waals surface area (Å²) in [6, 6.07) is 3.00. The number of rotatable bonds is 3. The molecule has 0 bridgehead atoms. The Morgan fingerprint density at radius 3 is 2.59 bits per heavy atom. The van der Waals surface area contributed by atoms with Crippen molar-refractivity contribution in [3.63, 3.8) is 0 Å². The molecule has 1 atom stereocenters. The number of halogens is 7. The van der Waals surface area contributed by atoms with Crippen LogP contribution >= 0.6 is 46.4 Å². The number of amidine groups is 1. The number of anilines is 1. The normalized spacial score (nSPS) is 23.4. The summed E-state index contributed by atoms with van der Waals surface area (Å²) in [4.78, 5) is 4.00. The molecule has 15 heteroatoms. The highest BCUT2D eigenvalue weighted by Crippen LogP contribution is 2.48. The summed E-state index contributed by atoms with van der Waals surface area (Å²) >= 11 is 23.8. The van der Waals surface area contributed by atoms with Crippen LogP contribution in [0.15, 0.2) is 28.5 Å². The molecule has 8 nitrogen and oxygen atoms in total. The first-order valence-corrected chi connectivity index (χ1v) is 8.64. The van der Waals surface area contributed by atoms with Gasteiger partial charge in [-0.2, -0.15) is 18.3 Å². The number of alkyl halides is 6. The highest BCUT2D eigenvalue weighted by Gasteiger charge is 2.57. The van der Waals surface area contributed by atoms with Crippen molar-refractivity contribution in [2.75, 3.05) is 11.6 Å². The molecule has 0 radical (unpaired) electrons.